The maximum atomic E-state index is 12.8. The molecule has 32 heavy (non-hydrogen) atoms. The van der Waals surface area contributed by atoms with Crippen molar-refractivity contribution in [3.8, 4) is 22.6 Å². The van der Waals surface area contributed by atoms with E-state index in [0.717, 1.165) is 36.0 Å². The highest BCUT2D eigenvalue weighted by atomic mass is 16.5. The Morgan fingerprint density at radius 3 is 2.19 bits per heavy atom. The van der Waals surface area contributed by atoms with Gasteiger partial charge < -0.3 is 20.9 Å². The average Bonchev–Trinajstić information content (AvgIpc) is 2.79. The van der Waals surface area contributed by atoms with Crippen molar-refractivity contribution in [2.75, 3.05) is 20.0 Å². The van der Waals surface area contributed by atoms with Gasteiger partial charge in [0, 0.05) is 23.5 Å². The number of amides is 1. The number of hydrogen-bond donors (Lipinski definition) is 2. The van der Waals surface area contributed by atoms with Gasteiger partial charge in [0.1, 0.15) is 5.84 Å². The molecule has 0 radical (unpaired) electrons. The highest BCUT2D eigenvalue weighted by Gasteiger charge is 2.42. The van der Waals surface area contributed by atoms with Crippen LogP contribution in [0.1, 0.15) is 35.2 Å². The Labute approximate surface area is 186 Å². The molecule has 1 heterocycles. The van der Waals surface area contributed by atoms with Crippen LogP contribution in [0.5, 0.6) is 11.5 Å². The SMILES string of the molecule is COc1ccc(C(=O)N=C(N)C2(c3ccc(-c4cnc(N)nc4)cc3)CCC2)cc1OC. The van der Waals surface area contributed by atoms with Crippen LogP contribution in [0.4, 0.5) is 5.95 Å². The quantitative estimate of drug-likeness (QED) is 0.453. The first-order valence-corrected chi connectivity index (χ1v) is 10.3. The number of nitrogens with two attached hydrogens (primary N) is 2. The Morgan fingerprint density at radius 1 is 0.969 bits per heavy atom. The summed E-state index contributed by atoms with van der Waals surface area (Å²) in [7, 11) is 3.06. The van der Waals surface area contributed by atoms with Crippen LogP contribution in [-0.2, 0) is 5.41 Å². The van der Waals surface area contributed by atoms with E-state index >= 15 is 0 Å². The zero-order valence-electron chi connectivity index (χ0n) is 18.0. The summed E-state index contributed by atoms with van der Waals surface area (Å²) in [4.78, 5) is 25.2. The number of carbonyl (C=O) groups excluding carboxylic acids is 1. The molecule has 4 N–H and O–H groups in total. The van der Waals surface area contributed by atoms with Crippen molar-refractivity contribution in [3.05, 3.63) is 66.0 Å². The average molecular weight is 431 g/mol. The lowest BCUT2D eigenvalue weighted by molar-refractivity contribution is 0.100. The first kappa shape index (κ1) is 21.3. The summed E-state index contributed by atoms with van der Waals surface area (Å²) in [6.45, 7) is 0. The molecule has 164 valence electrons. The van der Waals surface area contributed by atoms with E-state index in [1.807, 2.05) is 24.3 Å². The Bertz CT molecular complexity index is 1150. The maximum absolute atomic E-state index is 12.8. The van der Waals surface area contributed by atoms with Crippen molar-refractivity contribution in [1.29, 1.82) is 0 Å². The van der Waals surface area contributed by atoms with E-state index < -0.39 is 11.3 Å². The molecule has 1 aromatic heterocycles. The topological polar surface area (TPSA) is 126 Å². The lowest BCUT2D eigenvalue weighted by atomic mass is 9.63. The second kappa shape index (κ2) is 8.66. The number of nitrogen functional groups attached to an aromatic ring is 1. The number of ether oxygens (including phenoxy) is 2. The van der Waals surface area contributed by atoms with Crippen molar-refractivity contribution in [1.82, 2.24) is 9.97 Å². The fraction of sp³-hybridized carbons (Fsp3) is 0.250. The molecular weight excluding hydrogens is 406 g/mol. The smallest absolute Gasteiger partial charge is 0.278 e. The molecule has 1 saturated carbocycles. The molecule has 1 fully saturated rings. The van der Waals surface area contributed by atoms with Crippen LogP contribution in [-0.4, -0.2) is 35.9 Å². The Kier molecular flexibility index (Phi) is 5.77. The molecule has 1 amide bonds. The van der Waals surface area contributed by atoms with Gasteiger partial charge in [0.05, 0.1) is 19.6 Å². The molecule has 8 heteroatoms. The fourth-order valence-corrected chi connectivity index (χ4v) is 3.94. The van der Waals surface area contributed by atoms with E-state index in [4.69, 9.17) is 20.9 Å². The standard InChI is InChI=1S/C24H25N5O3/c1-31-19-9-6-16(12-20(19)32-2)21(30)29-22(25)24(10-3-11-24)18-7-4-15(5-8-18)17-13-27-23(26)28-14-17/h4-9,12-14H,3,10-11H2,1-2H3,(H2,25,29,30)(H2,26,27,28). The summed E-state index contributed by atoms with van der Waals surface area (Å²) in [6.07, 6.45) is 6.08. The van der Waals surface area contributed by atoms with E-state index in [0.29, 0.717) is 22.9 Å². The molecule has 0 aliphatic heterocycles. The van der Waals surface area contributed by atoms with Crippen LogP contribution in [0.15, 0.2) is 59.9 Å². The number of rotatable bonds is 6. The second-order valence-corrected chi connectivity index (χ2v) is 7.71. The normalized spacial score (nSPS) is 15.0. The molecule has 0 atom stereocenters. The predicted octanol–water partition coefficient (Wildman–Crippen LogP) is 3.36. The molecule has 1 aliphatic rings. The number of amidine groups is 1. The molecule has 0 bridgehead atoms. The Balaban J connectivity index is 1.60. The largest absolute Gasteiger partial charge is 0.493 e. The minimum Gasteiger partial charge on any atom is -0.493 e. The Hall–Kier alpha value is -3.94. The number of methoxy groups -OCH3 is 2. The van der Waals surface area contributed by atoms with Crippen LogP contribution in [0.25, 0.3) is 11.1 Å². The summed E-state index contributed by atoms with van der Waals surface area (Å²) in [5.74, 6) is 1.16. The van der Waals surface area contributed by atoms with Gasteiger partial charge in [0.15, 0.2) is 11.5 Å². The molecule has 2 aromatic carbocycles. The zero-order chi connectivity index (χ0) is 22.7. The van der Waals surface area contributed by atoms with Crippen LogP contribution in [0, 0.1) is 0 Å². The number of nitrogens with zero attached hydrogens (tertiary/aromatic N) is 3. The summed E-state index contributed by atoms with van der Waals surface area (Å²) in [5.41, 5.74) is 14.8. The lowest BCUT2D eigenvalue weighted by Gasteiger charge is -2.41. The molecule has 0 unspecified atom stereocenters. The third-order valence-electron chi connectivity index (χ3n) is 5.99. The van der Waals surface area contributed by atoms with Gasteiger partial charge in [-0.15, -0.1) is 0 Å². The second-order valence-electron chi connectivity index (χ2n) is 7.71. The number of hydrogen-bond acceptors (Lipinski definition) is 6. The van der Waals surface area contributed by atoms with E-state index in [1.54, 1.807) is 37.7 Å². The summed E-state index contributed by atoms with van der Waals surface area (Å²) in [5, 5.41) is 0. The predicted molar refractivity (Wildman–Crippen MR) is 123 cm³/mol. The lowest BCUT2D eigenvalue weighted by Crippen LogP contribution is -2.47. The molecule has 0 saturated heterocycles. The van der Waals surface area contributed by atoms with Crippen molar-refractivity contribution in [2.24, 2.45) is 10.7 Å². The molecule has 1 aliphatic carbocycles. The number of aliphatic imine (C=N–C) groups is 1. The molecule has 4 rings (SSSR count). The molecule has 3 aromatic rings. The van der Waals surface area contributed by atoms with Crippen LogP contribution in [0.2, 0.25) is 0 Å². The first-order valence-electron chi connectivity index (χ1n) is 10.3. The highest BCUT2D eigenvalue weighted by molar-refractivity contribution is 6.06. The van der Waals surface area contributed by atoms with Gasteiger partial charge in [0.25, 0.3) is 5.91 Å². The van der Waals surface area contributed by atoms with Gasteiger partial charge in [-0.2, -0.15) is 4.99 Å². The molecule has 0 spiro atoms. The van der Waals surface area contributed by atoms with Crippen molar-refractivity contribution in [3.63, 3.8) is 0 Å². The maximum Gasteiger partial charge on any atom is 0.278 e. The molecular formula is C24H25N5O3. The van der Waals surface area contributed by atoms with E-state index in [9.17, 15) is 4.79 Å². The van der Waals surface area contributed by atoms with Crippen LogP contribution >= 0.6 is 0 Å². The summed E-state index contributed by atoms with van der Waals surface area (Å²) < 4.78 is 10.5. The number of anilines is 1. The fourth-order valence-electron chi connectivity index (χ4n) is 3.94. The van der Waals surface area contributed by atoms with Gasteiger partial charge >= 0.3 is 0 Å². The number of aromatic nitrogens is 2. The minimum absolute atomic E-state index is 0.238. The van der Waals surface area contributed by atoms with Gasteiger partial charge in [-0.3, -0.25) is 4.79 Å². The van der Waals surface area contributed by atoms with Gasteiger partial charge in [-0.25, -0.2) is 9.97 Å². The van der Waals surface area contributed by atoms with Crippen molar-refractivity contribution in [2.45, 2.75) is 24.7 Å². The number of benzene rings is 2. The van der Waals surface area contributed by atoms with E-state index in [2.05, 4.69) is 15.0 Å². The van der Waals surface area contributed by atoms with Gasteiger partial charge in [-0.1, -0.05) is 30.7 Å². The summed E-state index contributed by atoms with van der Waals surface area (Å²) >= 11 is 0. The minimum atomic E-state index is -0.442. The molecule has 8 nitrogen and oxygen atoms in total. The zero-order valence-corrected chi connectivity index (χ0v) is 18.0. The van der Waals surface area contributed by atoms with Gasteiger partial charge in [0.2, 0.25) is 5.95 Å². The first-order chi connectivity index (χ1) is 15.5. The highest BCUT2D eigenvalue weighted by Crippen LogP contribution is 2.44. The Morgan fingerprint density at radius 2 is 1.62 bits per heavy atom. The van der Waals surface area contributed by atoms with E-state index in [1.165, 1.54) is 7.11 Å². The van der Waals surface area contributed by atoms with Crippen molar-refractivity contribution < 1.29 is 14.3 Å². The third kappa shape index (κ3) is 3.87. The van der Waals surface area contributed by atoms with E-state index in [-0.39, 0.29) is 5.95 Å². The van der Waals surface area contributed by atoms with Crippen LogP contribution in [0.3, 0.4) is 0 Å². The van der Waals surface area contributed by atoms with Crippen molar-refractivity contribution >= 4 is 17.7 Å². The number of carbonyl (C=O) groups is 1. The monoisotopic (exact) mass is 431 g/mol. The van der Waals surface area contributed by atoms with Crippen LogP contribution < -0.4 is 20.9 Å². The van der Waals surface area contributed by atoms with Gasteiger partial charge in [-0.05, 0) is 42.2 Å². The third-order valence-corrected chi connectivity index (χ3v) is 5.99. The summed E-state index contributed by atoms with van der Waals surface area (Å²) in [6, 6.07) is 13.0.